The highest BCUT2D eigenvalue weighted by Crippen LogP contribution is 2.23. The number of aryl methyl sites for hydroxylation is 1. The van der Waals surface area contributed by atoms with Crippen LogP contribution in [0.5, 0.6) is 0 Å². The van der Waals surface area contributed by atoms with Crippen LogP contribution in [0.2, 0.25) is 0 Å². The lowest BCUT2D eigenvalue weighted by atomic mass is 9.95. The highest BCUT2D eigenvalue weighted by molar-refractivity contribution is 9.10. The van der Waals surface area contributed by atoms with Crippen LogP contribution in [-0.2, 0) is 27.3 Å². The second-order valence-corrected chi connectivity index (χ2v) is 8.05. The van der Waals surface area contributed by atoms with Gasteiger partial charge in [-0.3, -0.25) is 0 Å². The Bertz CT molecular complexity index is 1030. The van der Waals surface area contributed by atoms with Crippen molar-refractivity contribution in [3.05, 3.63) is 80.6 Å². The van der Waals surface area contributed by atoms with Crippen molar-refractivity contribution < 1.29 is 23.5 Å². The van der Waals surface area contributed by atoms with E-state index in [1.165, 1.54) is 6.07 Å². The summed E-state index contributed by atoms with van der Waals surface area (Å²) in [7, 11) is 0. The maximum Gasteiger partial charge on any atom is 0.434 e. The van der Waals surface area contributed by atoms with Gasteiger partial charge in [0.2, 0.25) is 0 Å². The van der Waals surface area contributed by atoms with Gasteiger partial charge in [0.05, 0.1) is 22.4 Å². The first-order valence-electron chi connectivity index (χ1n) is 10.4. The third kappa shape index (κ3) is 7.12. The number of rotatable bonds is 8. The average Bonchev–Trinajstić information content (AvgIpc) is 2.76. The molecule has 0 aliphatic carbocycles. The van der Waals surface area contributed by atoms with Crippen molar-refractivity contribution in [2.45, 2.75) is 47.1 Å². The minimum absolute atomic E-state index is 0.0492. The average molecular weight is 504 g/mol. The summed E-state index contributed by atoms with van der Waals surface area (Å²) in [6.07, 6.45) is -0.202. The molecule has 0 unspecified atom stereocenters. The molecule has 2 aromatic rings. The smallest absolute Gasteiger partial charge is 0.434 e. The van der Waals surface area contributed by atoms with Crippen LogP contribution in [0.4, 0.5) is 9.18 Å². The lowest BCUT2D eigenvalue weighted by Crippen LogP contribution is -2.22. The Hall–Kier alpha value is -2.80. The van der Waals surface area contributed by atoms with Gasteiger partial charge in [0.1, 0.15) is 12.4 Å². The summed E-state index contributed by atoms with van der Waals surface area (Å²) >= 11 is 3.17. The molecule has 0 aromatic heterocycles. The van der Waals surface area contributed by atoms with Crippen molar-refractivity contribution >= 4 is 33.7 Å². The van der Waals surface area contributed by atoms with E-state index in [4.69, 9.17) is 9.47 Å². The van der Waals surface area contributed by atoms with E-state index in [1.807, 2.05) is 44.2 Å². The highest BCUT2D eigenvalue weighted by atomic mass is 79.9. The molecule has 170 valence electrons. The molecule has 7 heteroatoms. The molecule has 0 saturated carbocycles. The lowest BCUT2D eigenvalue weighted by Gasteiger charge is -2.15. The molecular weight excluding hydrogens is 477 g/mol. The van der Waals surface area contributed by atoms with Crippen LogP contribution < -0.4 is 0 Å². The van der Waals surface area contributed by atoms with E-state index in [0.29, 0.717) is 22.0 Å². The number of hydrogen-bond acceptors (Lipinski definition) is 4. The van der Waals surface area contributed by atoms with E-state index in [0.717, 1.165) is 11.1 Å². The Morgan fingerprint density at radius 1 is 1.09 bits per heavy atom. The van der Waals surface area contributed by atoms with Gasteiger partial charge in [0.25, 0.3) is 0 Å². The van der Waals surface area contributed by atoms with Crippen molar-refractivity contribution in [3.8, 4) is 0 Å². The van der Waals surface area contributed by atoms with E-state index in [9.17, 15) is 14.0 Å². The van der Waals surface area contributed by atoms with Gasteiger partial charge in [0.15, 0.2) is 0 Å². The molecule has 0 fully saturated rings. The lowest BCUT2D eigenvalue weighted by molar-refractivity contribution is -0.137. The van der Waals surface area contributed by atoms with E-state index in [-0.39, 0.29) is 30.9 Å². The fourth-order valence-electron chi connectivity index (χ4n) is 3.02. The Balaban J connectivity index is 2.45. The van der Waals surface area contributed by atoms with E-state index in [1.54, 1.807) is 19.9 Å². The summed E-state index contributed by atoms with van der Waals surface area (Å²) < 4.78 is 25.1. The Kier molecular flexibility index (Phi) is 9.78. The number of halogens is 2. The van der Waals surface area contributed by atoms with Crippen LogP contribution in [0.15, 0.2) is 63.1 Å². The molecule has 0 bridgehead atoms. The SMILES string of the molecule is CCOC(=O)C(C(Cc1cc(F)c(Br)cc1C)=NC(=O)OCc1ccccc1)=C(C)CC. The number of amides is 1. The predicted octanol–water partition coefficient (Wildman–Crippen LogP) is 6.51. The number of aliphatic imine (C=N–C) groups is 1. The monoisotopic (exact) mass is 503 g/mol. The molecule has 0 spiro atoms. The van der Waals surface area contributed by atoms with Gasteiger partial charge in [-0.1, -0.05) is 42.8 Å². The molecular formula is C25H27BrFNO4. The summed E-state index contributed by atoms with van der Waals surface area (Å²) in [5.74, 6) is -1.01. The van der Waals surface area contributed by atoms with E-state index in [2.05, 4.69) is 20.9 Å². The molecule has 0 saturated heterocycles. The Morgan fingerprint density at radius 2 is 1.78 bits per heavy atom. The van der Waals surface area contributed by atoms with Crippen molar-refractivity contribution in [2.24, 2.45) is 4.99 Å². The summed E-state index contributed by atoms with van der Waals surface area (Å²) in [4.78, 5) is 29.4. The first kappa shape index (κ1) is 25.5. The first-order valence-corrected chi connectivity index (χ1v) is 11.2. The Morgan fingerprint density at radius 3 is 2.41 bits per heavy atom. The van der Waals surface area contributed by atoms with Crippen molar-refractivity contribution in [1.82, 2.24) is 0 Å². The van der Waals surface area contributed by atoms with Crippen LogP contribution in [0.3, 0.4) is 0 Å². The van der Waals surface area contributed by atoms with Crippen molar-refractivity contribution in [1.29, 1.82) is 0 Å². The standard InChI is InChI=1S/C25H27BrFNO4/c1-5-16(3)23(24(29)31-6-2)22(14-19-13-21(27)20(26)12-17(19)4)28-25(30)32-15-18-10-8-7-9-11-18/h7-13H,5-6,14-15H2,1-4H3. The fourth-order valence-corrected chi connectivity index (χ4v) is 3.48. The number of carbonyl (C=O) groups excluding carboxylic acids is 2. The number of carbonyl (C=O) groups is 2. The number of hydrogen-bond donors (Lipinski definition) is 0. The first-order chi connectivity index (χ1) is 15.3. The van der Waals surface area contributed by atoms with Gasteiger partial charge in [-0.2, -0.15) is 4.99 Å². The second kappa shape index (κ2) is 12.3. The summed E-state index contributed by atoms with van der Waals surface area (Å²) in [6.45, 7) is 7.43. The normalized spacial score (nSPS) is 12.2. The third-order valence-corrected chi connectivity index (χ3v) is 5.50. The molecule has 2 rings (SSSR count). The molecule has 0 heterocycles. The molecule has 0 atom stereocenters. The van der Waals surface area contributed by atoms with E-state index >= 15 is 0 Å². The van der Waals surface area contributed by atoms with E-state index < -0.39 is 17.9 Å². The molecule has 0 radical (unpaired) electrons. The molecule has 2 aromatic carbocycles. The Labute approximate surface area is 196 Å². The van der Waals surface area contributed by atoms with Gasteiger partial charge in [-0.05, 0) is 71.9 Å². The largest absolute Gasteiger partial charge is 0.462 e. The highest BCUT2D eigenvalue weighted by Gasteiger charge is 2.23. The summed E-state index contributed by atoms with van der Waals surface area (Å²) in [5.41, 5.74) is 3.33. The molecule has 0 aliphatic rings. The molecule has 0 N–H and O–H groups in total. The molecule has 1 amide bonds. The fraction of sp³-hybridized carbons (Fsp3) is 0.320. The van der Waals surface area contributed by atoms with Gasteiger partial charge < -0.3 is 9.47 Å². The zero-order valence-corrected chi connectivity index (χ0v) is 20.3. The molecule has 5 nitrogen and oxygen atoms in total. The van der Waals surface area contributed by atoms with Gasteiger partial charge in [-0.15, -0.1) is 0 Å². The number of nitrogens with zero attached hydrogens (tertiary/aromatic N) is 1. The van der Waals surface area contributed by atoms with Crippen LogP contribution in [0.25, 0.3) is 0 Å². The van der Waals surface area contributed by atoms with Crippen LogP contribution in [0, 0.1) is 12.7 Å². The van der Waals surface area contributed by atoms with Crippen molar-refractivity contribution in [2.75, 3.05) is 6.61 Å². The minimum atomic E-state index is -0.829. The van der Waals surface area contributed by atoms with Crippen molar-refractivity contribution in [3.63, 3.8) is 0 Å². The van der Waals surface area contributed by atoms with Crippen LogP contribution >= 0.6 is 15.9 Å². The predicted molar refractivity (Wildman–Crippen MR) is 126 cm³/mol. The topological polar surface area (TPSA) is 65.0 Å². The number of benzene rings is 2. The number of esters is 1. The minimum Gasteiger partial charge on any atom is -0.462 e. The molecule has 32 heavy (non-hydrogen) atoms. The zero-order valence-electron chi connectivity index (χ0n) is 18.7. The van der Waals surface area contributed by atoms with Gasteiger partial charge in [0, 0.05) is 6.42 Å². The van der Waals surface area contributed by atoms with Crippen LogP contribution in [0.1, 0.15) is 43.9 Å². The maximum absolute atomic E-state index is 14.2. The number of allylic oxidation sites excluding steroid dienone is 1. The summed E-state index contributed by atoms with van der Waals surface area (Å²) in [6, 6.07) is 12.2. The third-order valence-electron chi connectivity index (χ3n) is 4.89. The summed E-state index contributed by atoms with van der Waals surface area (Å²) in [5, 5.41) is 0. The zero-order chi connectivity index (χ0) is 23.7. The van der Waals surface area contributed by atoms with Gasteiger partial charge in [-0.25, -0.2) is 14.0 Å². The maximum atomic E-state index is 14.2. The molecule has 0 aliphatic heterocycles. The second-order valence-electron chi connectivity index (χ2n) is 7.20. The number of ether oxygens (including phenoxy) is 2. The quantitative estimate of drug-likeness (QED) is 0.234. The van der Waals surface area contributed by atoms with Gasteiger partial charge >= 0.3 is 12.1 Å². The van der Waals surface area contributed by atoms with Crippen LogP contribution in [-0.4, -0.2) is 24.4 Å².